The number of β-amino-alcohol motifs (C(OH)–C–C–N with tert-alkyl or cyclic N) is 1. The van der Waals surface area contributed by atoms with Crippen LogP contribution in [0.3, 0.4) is 0 Å². The normalized spacial score (nSPS) is 35.9. The zero-order chi connectivity index (χ0) is 58.6. The van der Waals surface area contributed by atoms with Gasteiger partial charge in [0, 0.05) is 86.8 Å². The molecule has 21 N–H and O–H groups in total. The SMILES string of the molecule is NC[C@@H]1O[C@@H](O[C@H]2[C@@H](O)[C@H](O[C@@H]3[C@@H](O)[C@H](N)C[C@H](N)[C@H]3O[C@H]3O[C@H](CN)[C@@H](O)[C@H](O)[C@H]3N)O[C@@H]2C(=O)Nc2ccc(-c3cn(CC(O)CN4CCN(c5cc6c(cc5F)c(=O)c(C(=O)O)cn6C5CC5)CC4)nn3)cc2)[C@H](N)[C@@H](O)[C@@H]1O. The number of benzene rings is 2. The van der Waals surface area contributed by atoms with Gasteiger partial charge >= 0.3 is 5.97 Å². The van der Waals surface area contributed by atoms with Crippen LogP contribution in [0.1, 0.15) is 35.7 Å². The monoisotopic (exact) mass is 1160 g/mol. The summed E-state index contributed by atoms with van der Waals surface area (Å²) in [7, 11) is 0. The smallest absolute Gasteiger partial charge is 0.341 e. The number of nitrogens with zero attached hydrogens (tertiary/aromatic N) is 6. The van der Waals surface area contributed by atoms with E-state index in [1.807, 2.05) is 9.80 Å². The Morgan fingerprint density at radius 1 is 0.744 bits per heavy atom. The lowest BCUT2D eigenvalue weighted by molar-refractivity contribution is -0.306. The van der Waals surface area contributed by atoms with Crippen molar-refractivity contribution >= 4 is 34.2 Å². The van der Waals surface area contributed by atoms with Gasteiger partial charge < -0.3 is 118 Å². The number of hydrogen-bond acceptors (Lipinski definition) is 26. The highest BCUT2D eigenvalue weighted by molar-refractivity contribution is 5.95. The summed E-state index contributed by atoms with van der Waals surface area (Å²) in [5, 5.41) is 97.7. The van der Waals surface area contributed by atoms with Gasteiger partial charge in [0.2, 0.25) is 5.43 Å². The third-order valence-electron chi connectivity index (χ3n) is 16.2. The first-order valence-electron chi connectivity index (χ1n) is 27.2. The van der Waals surface area contributed by atoms with E-state index in [1.54, 1.807) is 41.1 Å². The zero-order valence-corrected chi connectivity index (χ0v) is 44.3. The van der Waals surface area contributed by atoms with Gasteiger partial charge in [-0.2, -0.15) is 0 Å². The first-order chi connectivity index (χ1) is 39.1. The fourth-order valence-corrected chi connectivity index (χ4v) is 11.3. The second-order valence-corrected chi connectivity index (χ2v) is 21.9. The summed E-state index contributed by atoms with van der Waals surface area (Å²) in [6.07, 6.45) is -19.1. The zero-order valence-electron chi connectivity index (χ0n) is 44.3. The molecule has 10 rings (SSSR count). The van der Waals surface area contributed by atoms with Crippen molar-refractivity contribution < 1.29 is 83.3 Å². The number of anilines is 2. The van der Waals surface area contributed by atoms with E-state index >= 15 is 4.39 Å². The summed E-state index contributed by atoms with van der Waals surface area (Å²) in [5.41, 5.74) is 37.6. The van der Waals surface area contributed by atoms with Crippen LogP contribution in [0.15, 0.2) is 53.6 Å². The molecule has 1 amide bonds. The van der Waals surface area contributed by atoms with Gasteiger partial charge in [-0.3, -0.25) is 14.5 Å². The second kappa shape index (κ2) is 24.7. The third-order valence-corrected chi connectivity index (χ3v) is 16.2. The Hall–Kier alpha value is -5.34. The summed E-state index contributed by atoms with van der Waals surface area (Å²) in [4.78, 5) is 42.9. The lowest BCUT2D eigenvalue weighted by atomic mass is 9.84. The van der Waals surface area contributed by atoms with E-state index in [1.165, 1.54) is 10.9 Å². The third kappa shape index (κ3) is 12.1. The molecule has 4 aromatic rings. The molecule has 2 aromatic heterocycles. The number of aromatic carboxylic acids is 1. The van der Waals surface area contributed by atoms with Crippen LogP contribution < -0.4 is 50.0 Å². The number of aliphatic hydroxyl groups excluding tert-OH is 7. The minimum atomic E-state index is -1.88. The molecule has 450 valence electrons. The molecular formula is C51H72FN13O17. The quantitative estimate of drug-likeness (QED) is 0.0441. The molecule has 20 atom stereocenters. The van der Waals surface area contributed by atoms with E-state index in [0.717, 1.165) is 18.9 Å². The van der Waals surface area contributed by atoms with Gasteiger partial charge in [-0.1, -0.05) is 17.3 Å². The highest BCUT2D eigenvalue weighted by atomic mass is 19.1. The van der Waals surface area contributed by atoms with Crippen LogP contribution in [0.5, 0.6) is 0 Å². The molecule has 30 nitrogen and oxygen atoms in total. The topological polar surface area (TPSA) is 479 Å². The number of ether oxygens (including phenoxy) is 6. The van der Waals surface area contributed by atoms with E-state index in [0.29, 0.717) is 48.6 Å². The average Bonchev–Trinajstić information content (AvgIpc) is 4.19. The summed E-state index contributed by atoms with van der Waals surface area (Å²) < 4.78 is 54.9. The number of aromatic nitrogens is 4. The number of carboxylic acids is 1. The van der Waals surface area contributed by atoms with E-state index < -0.39 is 151 Å². The molecule has 82 heavy (non-hydrogen) atoms. The number of carboxylic acid groups (broad SMARTS) is 1. The summed E-state index contributed by atoms with van der Waals surface area (Å²) in [5.74, 6) is -2.87. The maximum Gasteiger partial charge on any atom is 0.341 e. The molecular weight excluding hydrogens is 1090 g/mol. The molecule has 31 heteroatoms. The van der Waals surface area contributed by atoms with Crippen molar-refractivity contribution in [1.82, 2.24) is 24.5 Å². The van der Waals surface area contributed by atoms with Crippen molar-refractivity contribution in [2.24, 2.45) is 34.4 Å². The number of carbonyl (C=O) groups excluding carboxylic acids is 1. The van der Waals surface area contributed by atoms with Crippen LogP contribution in [0.25, 0.3) is 22.2 Å². The molecule has 6 heterocycles. The van der Waals surface area contributed by atoms with Crippen LogP contribution in [-0.4, -0.2) is 245 Å². The fourth-order valence-electron chi connectivity index (χ4n) is 11.3. The number of piperazine rings is 1. The van der Waals surface area contributed by atoms with Crippen molar-refractivity contribution in [2.75, 3.05) is 56.0 Å². The van der Waals surface area contributed by atoms with Crippen molar-refractivity contribution in [3.8, 4) is 11.3 Å². The van der Waals surface area contributed by atoms with Crippen molar-refractivity contribution in [3.05, 3.63) is 70.4 Å². The van der Waals surface area contributed by atoms with E-state index in [2.05, 4.69) is 15.6 Å². The number of nitrogens with one attached hydrogen (secondary N) is 1. The maximum absolute atomic E-state index is 15.6. The predicted octanol–water partition coefficient (Wildman–Crippen LogP) is -6.32. The maximum atomic E-state index is 15.6. The number of rotatable bonds is 18. The van der Waals surface area contributed by atoms with E-state index in [-0.39, 0.29) is 49.7 Å². The lowest BCUT2D eigenvalue weighted by Gasteiger charge is -2.47. The highest BCUT2D eigenvalue weighted by Gasteiger charge is 2.56. The Balaban J connectivity index is 0.779. The summed E-state index contributed by atoms with van der Waals surface area (Å²) in [6, 6.07) is 4.44. The van der Waals surface area contributed by atoms with Gasteiger partial charge in [0.1, 0.15) is 78.1 Å². The molecule has 0 bridgehead atoms. The van der Waals surface area contributed by atoms with Gasteiger partial charge in [0.15, 0.2) is 25.0 Å². The van der Waals surface area contributed by atoms with Gasteiger partial charge in [0.05, 0.1) is 48.2 Å². The summed E-state index contributed by atoms with van der Waals surface area (Å²) in [6.45, 7) is 1.69. The number of nitrogens with two attached hydrogens (primary N) is 6. The van der Waals surface area contributed by atoms with Gasteiger partial charge in [-0.25, -0.2) is 13.9 Å². The molecule has 1 unspecified atom stereocenters. The molecule has 4 saturated heterocycles. The number of halogens is 1. The van der Waals surface area contributed by atoms with Crippen molar-refractivity contribution in [1.29, 1.82) is 0 Å². The largest absolute Gasteiger partial charge is 0.477 e. The Morgan fingerprint density at radius 2 is 1.35 bits per heavy atom. The molecule has 6 aliphatic rings. The van der Waals surface area contributed by atoms with E-state index in [9.17, 15) is 55.2 Å². The average molecular weight is 1160 g/mol. The Morgan fingerprint density at radius 3 is 1.95 bits per heavy atom. The van der Waals surface area contributed by atoms with Crippen LogP contribution in [0, 0.1) is 5.82 Å². The van der Waals surface area contributed by atoms with E-state index in [4.69, 9.17) is 62.8 Å². The molecule has 4 aliphatic heterocycles. The molecule has 6 fully saturated rings. The Kier molecular flexibility index (Phi) is 18.0. The minimum absolute atomic E-state index is 0.00527. The van der Waals surface area contributed by atoms with Crippen LogP contribution in [0.4, 0.5) is 15.8 Å². The summed E-state index contributed by atoms with van der Waals surface area (Å²) >= 11 is 0. The van der Waals surface area contributed by atoms with Crippen LogP contribution in [0.2, 0.25) is 0 Å². The number of amides is 1. The van der Waals surface area contributed by atoms with Crippen molar-refractivity contribution in [3.63, 3.8) is 0 Å². The minimum Gasteiger partial charge on any atom is -0.477 e. The second-order valence-electron chi connectivity index (χ2n) is 21.9. The number of fused-ring (bicyclic) bond motifs is 1. The van der Waals surface area contributed by atoms with Gasteiger partial charge in [-0.15, -0.1) is 5.10 Å². The number of carbonyl (C=O) groups is 2. The standard InChI is InChI=1S/C51H72FN13O17/c52-26-11-24-30(65(22-5-6-22)18-25(36(24)67)48(75)76)13-31(26)63-9-7-62(8-10-63)16-23(66)17-64-19-29(60-61-64)20-1-3-21(4-2-20)59-47(74)46-45(80-50-35(58)41(72)39(70)33(15-54)78-50)42(73)51(82-46)81-44-37(68)27(55)12-28(56)43(44)79-49-34(57)40(71)38(69)32(14-53)77-49/h1-4,11,13,18-19,22-23,27-28,32-35,37-46,49-51,66,68-73H,5-10,12,14-17,53-58H2,(H,59,74)(H,75,76)/t23?,27-,28+,32-,33+,34-,35-,37+,38-,39-,40-,41-,42-,43-,44-,45+,46+,49-,50+,51-/m1/s1. The first kappa shape index (κ1) is 59.8. The predicted molar refractivity (Wildman–Crippen MR) is 283 cm³/mol. The van der Waals surface area contributed by atoms with Crippen LogP contribution in [-0.2, 0) is 39.8 Å². The number of pyridine rings is 1. The molecule has 0 spiro atoms. The van der Waals surface area contributed by atoms with Crippen LogP contribution >= 0.6 is 0 Å². The Bertz CT molecular complexity index is 2950. The van der Waals surface area contributed by atoms with Crippen molar-refractivity contribution in [2.45, 2.75) is 154 Å². The molecule has 2 aliphatic carbocycles. The molecule has 2 aromatic carbocycles. The number of aliphatic hydroxyl groups is 7. The Labute approximate surface area is 467 Å². The number of hydrogen-bond donors (Lipinski definition) is 15. The van der Waals surface area contributed by atoms with Gasteiger partial charge in [-0.05, 0) is 43.5 Å². The fraction of sp³-hybridized carbons (Fsp3) is 0.627. The van der Waals surface area contributed by atoms with Gasteiger partial charge in [0.25, 0.3) is 5.91 Å². The highest BCUT2D eigenvalue weighted by Crippen LogP contribution is 2.39. The lowest BCUT2D eigenvalue weighted by Crippen LogP contribution is -2.68. The molecule has 2 saturated carbocycles. The first-order valence-corrected chi connectivity index (χ1v) is 27.2. The molecule has 0 radical (unpaired) electrons.